The van der Waals surface area contributed by atoms with E-state index in [1.165, 1.54) is 70.6 Å². The predicted octanol–water partition coefficient (Wildman–Crippen LogP) is 10.6. The Kier molecular flexibility index (Phi) is 13.7. The third-order valence-electron chi connectivity index (χ3n) is 13.3. The van der Waals surface area contributed by atoms with Gasteiger partial charge in [0.05, 0.1) is 6.10 Å². The first-order chi connectivity index (χ1) is 21.7. The lowest BCUT2D eigenvalue weighted by molar-refractivity contribution is -0.284. The molecule has 0 bridgehead atoms. The van der Waals surface area contributed by atoms with Gasteiger partial charge in [-0.15, -0.1) is 0 Å². The van der Waals surface area contributed by atoms with Crippen LogP contribution in [0.25, 0.3) is 0 Å². The number of ketones is 1. The summed E-state index contributed by atoms with van der Waals surface area (Å²) in [4.78, 5) is 12.5. The van der Waals surface area contributed by atoms with Gasteiger partial charge in [0.25, 0.3) is 0 Å². The zero-order valence-electron chi connectivity index (χ0n) is 28.5. The predicted molar refractivity (Wildman–Crippen MR) is 175 cm³/mol. The van der Waals surface area contributed by atoms with Crippen LogP contribution in [0.5, 0.6) is 0 Å². The van der Waals surface area contributed by atoms with Gasteiger partial charge in [0.2, 0.25) is 0 Å². The summed E-state index contributed by atoms with van der Waals surface area (Å²) in [5.41, 5.74) is 0.380. The Morgan fingerprint density at radius 2 is 1.33 bits per heavy atom. The van der Waals surface area contributed by atoms with Gasteiger partial charge >= 0.3 is 12.1 Å². The van der Waals surface area contributed by atoms with Crippen molar-refractivity contribution in [1.82, 2.24) is 0 Å². The molecule has 0 radical (unpaired) electrons. The van der Waals surface area contributed by atoms with Gasteiger partial charge in [0.1, 0.15) is 5.78 Å². The van der Waals surface area contributed by atoms with E-state index in [-0.39, 0.29) is 23.7 Å². The molecule has 0 saturated heterocycles. The van der Waals surface area contributed by atoms with Crippen molar-refractivity contribution in [1.29, 1.82) is 0 Å². The summed E-state index contributed by atoms with van der Waals surface area (Å²) in [6, 6.07) is 0. The molecule has 1 unspecified atom stereocenters. The van der Waals surface area contributed by atoms with Crippen LogP contribution in [0, 0.1) is 40.4 Å². The second kappa shape index (κ2) is 16.4. The smallest absolute Gasteiger partial charge is 0.393 e. The van der Waals surface area contributed by atoms with E-state index in [0.717, 1.165) is 57.8 Å². The van der Waals surface area contributed by atoms with Crippen LogP contribution in [-0.4, -0.2) is 44.8 Å². The topological polar surface area (TPSA) is 54.4 Å². The second-order valence-corrected chi connectivity index (χ2v) is 17.9. The molecule has 0 aromatic rings. The van der Waals surface area contributed by atoms with Gasteiger partial charge in [-0.05, 0) is 91.8 Å². The monoisotopic (exact) mass is 680 g/mol. The number of aliphatic hydroxyl groups is 1. The number of alkyl halides is 5. The first kappa shape index (κ1) is 38.2. The molecule has 4 aliphatic carbocycles. The molecular formula is C37H61F5O3S. The Bertz CT molecular complexity index is 1000. The molecule has 0 amide bonds. The van der Waals surface area contributed by atoms with E-state index in [1.807, 2.05) is 0 Å². The molecule has 0 heterocycles. The van der Waals surface area contributed by atoms with Crippen LogP contribution in [-0.2, 0) is 15.6 Å². The summed E-state index contributed by atoms with van der Waals surface area (Å²) in [6.07, 6.45) is 14.7. The third kappa shape index (κ3) is 9.15. The standard InChI is InChI=1S/C37H61F5O3S/c1-34-21-18-29(43)26-28(34)25-27(33-30-16-17-32(44)35(30,2)22-19-31(33)34)15-12-10-8-6-4-3-5-7-9-11-13-23-46(45)24-14-20-36(38,39)37(40,41)42/h27-28,30-33,44H,3-26H2,1-2H3/t27-,28+,30+,31+,32+,33+,34+,35+,46?/m1/s1. The van der Waals surface area contributed by atoms with Gasteiger partial charge in [0, 0.05) is 41.6 Å². The molecule has 1 N–H and O–H groups in total. The SMILES string of the molecule is C[C@]12CCC(=O)C[C@@H]1C[C@@H](CCCCCCCCCCCCCS(=O)CCCC(F)(F)C(F)(F)F)[C@@H]1[C@@H]2CC[C@]2(C)[C@@H](O)CC[C@@H]12. The van der Waals surface area contributed by atoms with Crippen molar-refractivity contribution < 1.29 is 36.1 Å². The molecule has 3 nitrogen and oxygen atoms in total. The number of carbonyl (C=O) groups is 1. The molecule has 0 aromatic carbocycles. The fraction of sp³-hybridized carbons (Fsp3) is 0.973. The highest BCUT2D eigenvalue weighted by atomic mass is 32.2. The van der Waals surface area contributed by atoms with E-state index in [1.54, 1.807) is 0 Å². The zero-order valence-corrected chi connectivity index (χ0v) is 29.3. The minimum Gasteiger partial charge on any atom is -0.393 e. The molecule has 4 aliphatic rings. The first-order valence-corrected chi connectivity index (χ1v) is 20.2. The normalized spacial score (nSPS) is 35.4. The molecule has 9 heteroatoms. The number of unbranched alkanes of at least 4 members (excludes halogenated alkanes) is 10. The largest absolute Gasteiger partial charge is 0.453 e. The molecule has 268 valence electrons. The number of fused-ring (bicyclic) bond motifs is 5. The Labute approximate surface area is 277 Å². The second-order valence-electron chi connectivity index (χ2n) is 16.2. The van der Waals surface area contributed by atoms with Crippen molar-refractivity contribution in [2.45, 2.75) is 173 Å². The fourth-order valence-electron chi connectivity index (χ4n) is 10.4. The molecule has 4 rings (SSSR count). The minimum atomic E-state index is -5.53. The number of halogens is 5. The van der Waals surface area contributed by atoms with Crippen molar-refractivity contribution in [2.75, 3.05) is 11.5 Å². The van der Waals surface area contributed by atoms with Gasteiger partial charge in [0.15, 0.2) is 0 Å². The third-order valence-corrected chi connectivity index (χ3v) is 14.8. The number of hydrogen-bond donors (Lipinski definition) is 1. The average Bonchev–Trinajstić information content (AvgIpc) is 3.29. The summed E-state index contributed by atoms with van der Waals surface area (Å²) in [5.74, 6) is -0.652. The van der Waals surface area contributed by atoms with Crippen molar-refractivity contribution in [3.05, 3.63) is 0 Å². The summed E-state index contributed by atoms with van der Waals surface area (Å²) in [6.45, 7) is 4.88. The molecular weight excluding hydrogens is 619 g/mol. The van der Waals surface area contributed by atoms with E-state index < -0.39 is 29.3 Å². The van der Waals surface area contributed by atoms with E-state index in [0.29, 0.717) is 46.5 Å². The lowest BCUT2D eigenvalue weighted by Crippen LogP contribution is -2.57. The van der Waals surface area contributed by atoms with Crippen molar-refractivity contribution >= 4 is 16.6 Å². The fourth-order valence-corrected chi connectivity index (χ4v) is 11.6. The molecule has 4 fully saturated rings. The van der Waals surface area contributed by atoms with Crippen molar-refractivity contribution in [2.24, 2.45) is 40.4 Å². The van der Waals surface area contributed by atoms with Crippen LogP contribution >= 0.6 is 0 Å². The van der Waals surface area contributed by atoms with Crippen LogP contribution < -0.4 is 0 Å². The Morgan fingerprint density at radius 1 is 0.761 bits per heavy atom. The van der Waals surface area contributed by atoms with Gasteiger partial charge in [-0.2, -0.15) is 22.0 Å². The van der Waals surface area contributed by atoms with Crippen LogP contribution in [0.4, 0.5) is 22.0 Å². The maximum Gasteiger partial charge on any atom is 0.453 e. The quantitative estimate of drug-likeness (QED) is 0.116. The van der Waals surface area contributed by atoms with Crippen LogP contribution in [0.3, 0.4) is 0 Å². The van der Waals surface area contributed by atoms with Crippen LogP contribution in [0.2, 0.25) is 0 Å². The van der Waals surface area contributed by atoms with Gasteiger partial charge in [-0.25, -0.2) is 0 Å². The lowest BCUT2D eigenvalue weighted by Gasteiger charge is -2.62. The van der Waals surface area contributed by atoms with Gasteiger partial charge < -0.3 is 5.11 Å². The summed E-state index contributed by atoms with van der Waals surface area (Å²) in [7, 11) is -1.33. The number of aliphatic hydroxyl groups excluding tert-OH is 1. The minimum absolute atomic E-state index is 0.0803. The molecule has 9 atom stereocenters. The van der Waals surface area contributed by atoms with Crippen LogP contribution in [0.1, 0.15) is 155 Å². The number of carbonyl (C=O) groups excluding carboxylic acids is 1. The maximum absolute atomic E-state index is 12.9. The average molecular weight is 681 g/mol. The number of Topliss-reactive ketones (excluding diaryl/α,β-unsaturated/α-hetero) is 1. The lowest BCUT2D eigenvalue weighted by atomic mass is 9.42. The first-order valence-electron chi connectivity index (χ1n) is 18.7. The molecule has 0 aromatic heterocycles. The highest BCUT2D eigenvalue weighted by Gasteiger charge is 2.62. The highest BCUT2D eigenvalue weighted by molar-refractivity contribution is 7.84. The van der Waals surface area contributed by atoms with Crippen molar-refractivity contribution in [3.8, 4) is 0 Å². The van der Waals surface area contributed by atoms with Crippen molar-refractivity contribution in [3.63, 3.8) is 0 Å². The Morgan fingerprint density at radius 3 is 1.96 bits per heavy atom. The number of hydrogen-bond acceptors (Lipinski definition) is 3. The summed E-state index contributed by atoms with van der Waals surface area (Å²) >= 11 is 0. The van der Waals surface area contributed by atoms with E-state index in [9.17, 15) is 36.1 Å². The molecule has 4 saturated carbocycles. The van der Waals surface area contributed by atoms with E-state index in [2.05, 4.69) is 13.8 Å². The van der Waals surface area contributed by atoms with E-state index in [4.69, 9.17) is 0 Å². The Balaban J connectivity index is 1.06. The molecule has 0 spiro atoms. The summed E-state index contributed by atoms with van der Waals surface area (Å²) < 4.78 is 74.4. The van der Waals surface area contributed by atoms with Crippen LogP contribution in [0.15, 0.2) is 0 Å². The zero-order chi connectivity index (χ0) is 33.6. The Hall–Kier alpha value is -0.570. The summed E-state index contributed by atoms with van der Waals surface area (Å²) in [5, 5.41) is 11.0. The molecule has 0 aliphatic heterocycles. The maximum atomic E-state index is 12.9. The van der Waals surface area contributed by atoms with Gasteiger partial charge in [-0.1, -0.05) is 84.5 Å². The van der Waals surface area contributed by atoms with E-state index >= 15 is 0 Å². The highest BCUT2D eigenvalue weighted by Crippen LogP contribution is 2.67. The molecule has 46 heavy (non-hydrogen) atoms. The number of rotatable bonds is 18. The van der Waals surface area contributed by atoms with Gasteiger partial charge in [-0.3, -0.25) is 9.00 Å².